The van der Waals surface area contributed by atoms with Crippen molar-refractivity contribution in [3.05, 3.63) is 70.5 Å². The number of primary amides is 1. The Morgan fingerprint density at radius 2 is 1.76 bits per heavy atom. The lowest BCUT2D eigenvalue weighted by Gasteiger charge is -2.38. The van der Waals surface area contributed by atoms with Crippen LogP contribution in [-0.4, -0.2) is 28.1 Å². The maximum Gasteiger partial charge on any atom is 0.275 e. The number of amides is 2. The zero-order valence-electron chi connectivity index (χ0n) is 16.6. The number of halogens is 1. The molecule has 1 spiro atoms. The van der Waals surface area contributed by atoms with Gasteiger partial charge in [-0.1, -0.05) is 18.2 Å². The van der Waals surface area contributed by atoms with Crippen molar-refractivity contribution in [2.24, 2.45) is 10.7 Å². The summed E-state index contributed by atoms with van der Waals surface area (Å²) in [6, 6.07) is 10.5. The van der Waals surface area contributed by atoms with Crippen LogP contribution in [0.25, 0.3) is 0 Å². The average Bonchev–Trinajstić information content (AvgIpc) is 3.26. The van der Waals surface area contributed by atoms with Gasteiger partial charge >= 0.3 is 0 Å². The molecule has 6 heteroatoms. The highest BCUT2D eigenvalue weighted by Gasteiger charge is 2.53. The minimum atomic E-state index is -0.901. The van der Waals surface area contributed by atoms with Gasteiger partial charge in [0.1, 0.15) is 23.2 Å². The Morgan fingerprint density at radius 3 is 2.34 bits per heavy atom. The van der Waals surface area contributed by atoms with E-state index in [9.17, 15) is 14.0 Å². The van der Waals surface area contributed by atoms with Gasteiger partial charge < -0.3 is 5.73 Å². The van der Waals surface area contributed by atoms with Gasteiger partial charge in [-0.25, -0.2) is 4.39 Å². The van der Waals surface area contributed by atoms with Crippen LogP contribution in [0.15, 0.2) is 47.5 Å². The van der Waals surface area contributed by atoms with Crippen molar-refractivity contribution < 1.29 is 14.0 Å². The third kappa shape index (κ3) is 3.22. The lowest BCUT2D eigenvalue weighted by molar-refractivity contribution is -0.139. The predicted octanol–water partition coefficient (Wildman–Crippen LogP) is 3.57. The Morgan fingerprint density at radius 1 is 1.10 bits per heavy atom. The monoisotopic (exact) mass is 393 g/mol. The first kappa shape index (κ1) is 19.3. The number of nitrogens with two attached hydrogens (primary N) is 1. The number of aliphatic imine (C=N–C) groups is 1. The molecule has 2 N–H and O–H groups in total. The first-order chi connectivity index (χ1) is 13.8. The van der Waals surface area contributed by atoms with Crippen molar-refractivity contribution >= 4 is 17.5 Å². The summed E-state index contributed by atoms with van der Waals surface area (Å²) in [6.45, 7) is 3.96. The van der Waals surface area contributed by atoms with Crippen LogP contribution < -0.4 is 5.73 Å². The van der Waals surface area contributed by atoms with Gasteiger partial charge in [-0.15, -0.1) is 0 Å². The van der Waals surface area contributed by atoms with Crippen LogP contribution >= 0.6 is 0 Å². The number of hydrogen-bond acceptors (Lipinski definition) is 3. The van der Waals surface area contributed by atoms with Crippen LogP contribution in [0.5, 0.6) is 0 Å². The van der Waals surface area contributed by atoms with Gasteiger partial charge in [-0.05, 0) is 80.5 Å². The molecular weight excluding hydrogens is 369 g/mol. The first-order valence-corrected chi connectivity index (χ1v) is 9.88. The Bertz CT molecular complexity index is 1010. The SMILES string of the molecule is Cc1ccc(C(C(N)=O)N2C(=O)C(c3ccc(F)cc3)=NC23CCCC3)cc1C. The highest BCUT2D eigenvalue weighted by Crippen LogP contribution is 2.45. The van der Waals surface area contributed by atoms with Crippen molar-refractivity contribution in [3.8, 4) is 0 Å². The van der Waals surface area contributed by atoms with Gasteiger partial charge in [0.05, 0.1) is 0 Å². The Hall–Kier alpha value is -3.02. The van der Waals surface area contributed by atoms with Gasteiger partial charge in [0.15, 0.2) is 0 Å². The van der Waals surface area contributed by atoms with Gasteiger partial charge in [-0.2, -0.15) is 0 Å². The fraction of sp³-hybridized carbons (Fsp3) is 0.348. The molecule has 4 rings (SSSR count). The maximum atomic E-state index is 13.5. The van der Waals surface area contributed by atoms with Crippen molar-refractivity contribution in [1.29, 1.82) is 0 Å². The van der Waals surface area contributed by atoms with Crippen LogP contribution in [-0.2, 0) is 9.59 Å². The summed E-state index contributed by atoms with van der Waals surface area (Å²) < 4.78 is 13.4. The molecule has 2 aromatic carbocycles. The second-order valence-electron chi connectivity index (χ2n) is 7.98. The van der Waals surface area contributed by atoms with Crippen LogP contribution in [0, 0.1) is 19.7 Å². The number of aryl methyl sites for hydroxylation is 2. The molecule has 2 aliphatic rings. The molecule has 1 aliphatic heterocycles. The van der Waals surface area contributed by atoms with Crippen molar-refractivity contribution in [3.63, 3.8) is 0 Å². The molecule has 1 fully saturated rings. The zero-order chi connectivity index (χ0) is 20.8. The van der Waals surface area contributed by atoms with Crippen molar-refractivity contribution in [2.45, 2.75) is 51.2 Å². The highest BCUT2D eigenvalue weighted by atomic mass is 19.1. The highest BCUT2D eigenvalue weighted by molar-refractivity contribution is 6.47. The van der Waals surface area contributed by atoms with E-state index < -0.39 is 17.6 Å². The van der Waals surface area contributed by atoms with E-state index in [2.05, 4.69) is 0 Å². The summed E-state index contributed by atoms with van der Waals surface area (Å²) in [6.07, 6.45) is 3.20. The fourth-order valence-corrected chi connectivity index (χ4v) is 4.44. The fourth-order valence-electron chi connectivity index (χ4n) is 4.44. The summed E-state index contributed by atoms with van der Waals surface area (Å²) >= 11 is 0. The third-order valence-electron chi connectivity index (χ3n) is 6.09. The number of carbonyl (C=O) groups excluding carboxylic acids is 2. The summed E-state index contributed by atoms with van der Waals surface area (Å²) in [5, 5.41) is 0. The largest absolute Gasteiger partial charge is 0.368 e. The van der Waals surface area contributed by atoms with Crippen LogP contribution in [0.1, 0.15) is 54.0 Å². The predicted molar refractivity (Wildman–Crippen MR) is 109 cm³/mol. The molecule has 1 heterocycles. The van der Waals surface area contributed by atoms with E-state index in [1.165, 1.54) is 12.1 Å². The maximum absolute atomic E-state index is 13.5. The van der Waals surface area contributed by atoms with E-state index in [4.69, 9.17) is 10.7 Å². The van der Waals surface area contributed by atoms with Crippen molar-refractivity contribution in [1.82, 2.24) is 4.90 Å². The number of nitrogens with zero attached hydrogens (tertiary/aromatic N) is 2. The normalized spacial score (nSPS) is 18.9. The smallest absolute Gasteiger partial charge is 0.275 e. The quantitative estimate of drug-likeness (QED) is 0.862. The van der Waals surface area contributed by atoms with Crippen LogP contribution in [0.3, 0.4) is 0 Å². The first-order valence-electron chi connectivity index (χ1n) is 9.88. The van der Waals surface area contributed by atoms with Gasteiger partial charge in [-0.3, -0.25) is 19.5 Å². The molecule has 1 atom stereocenters. The molecule has 150 valence electrons. The molecule has 0 saturated heterocycles. The van der Waals surface area contributed by atoms with E-state index in [0.717, 1.165) is 24.0 Å². The molecule has 1 aliphatic carbocycles. The van der Waals surface area contributed by atoms with E-state index in [1.54, 1.807) is 17.0 Å². The minimum Gasteiger partial charge on any atom is -0.368 e. The summed E-state index contributed by atoms with van der Waals surface area (Å²) in [7, 11) is 0. The number of benzene rings is 2. The van der Waals surface area contributed by atoms with Gasteiger partial charge in [0, 0.05) is 5.56 Å². The van der Waals surface area contributed by atoms with Gasteiger partial charge in [0.2, 0.25) is 5.91 Å². The Balaban J connectivity index is 1.82. The summed E-state index contributed by atoms with van der Waals surface area (Å²) in [5.74, 6) is -1.29. The molecule has 0 bridgehead atoms. The Kier molecular flexibility index (Phi) is 4.73. The molecule has 29 heavy (non-hydrogen) atoms. The standard InChI is InChI=1S/C23H24FN3O2/c1-14-5-6-17(13-15(14)2)20(21(25)28)27-22(29)19(16-7-9-18(24)10-8-16)26-23(27)11-3-4-12-23/h5-10,13,20H,3-4,11-12H2,1-2H3,(H2,25,28). The number of rotatable bonds is 4. The van der Waals surface area contributed by atoms with Crippen LogP contribution in [0.4, 0.5) is 4.39 Å². The Labute approximate surface area is 169 Å². The minimum absolute atomic E-state index is 0.266. The molecule has 1 saturated carbocycles. The zero-order valence-corrected chi connectivity index (χ0v) is 16.6. The van der Waals surface area contributed by atoms with Gasteiger partial charge in [0.25, 0.3) is 5.91 Å². The van der Waals surface area contributed by atoms with E-state index in [1.807, 2.05) is 32.0 Å². The molecule has 1 unspecified atom stereocenters. The average molecular weight is 393 g/mol. The topological polar surface area (TPSA) is 75.8 Å². The van der Waals surface area contributed by atoms with E-state index in [0.29, 0.717) is 24.0 Å². The molecule has 0 aromatic heterocycles. The van der Waals surface area contributed by atoms with E-state index in [-0.39, 0.29) is 17.4 Å². The summed E-state index contributed by atoms with van der Waals surface area (Å²) in [5.41, 5.74) is 8.68. The molecule has 2 aromatic rings. The third-order valence-corrected chi connectivity index (χ3v) is 6.09. The molecular formula is C23H24FN3O2. The second kappa shape index (κ2) is 7.10. The van der Waals surface area contributed by atoms with E-state index >= 15 is 0 Å². The number of carbonyl (C=O) groups is 2. The lowest BCUT2D eigenvalue weighted by atomic mass is 9.96. The molecule has 2 amide bonds. The number of hydrogen-bond donors (Lipinski definition) is 1. The van der Waals surface area contributed by atoms with Crippen LogP contribution in [0.2, 0.25) is 0 Å². The summed E-state index contributed by atoms with van der Waals surface area (Å²) in [4.78, 5) is 32.5. The lowest BCUT2D eigenvalue weighted by Crippen LogP contribution is -2.51. The van der Waals surface area contributed by atoms with Crippen molar-refractivity contribution in [2.75, 3.05) is 0 Å². The molecule has 5 nitrogen and oxygen atoms in total. The second-order valence-corrected chi connectivity index (χ2v) is 7.98. The molecule has 0 radical (unpaired) electrons.